The van der Waals surface area contributed by atoms with Crippen LogP contribution < -0.4 is 31.9 Å². The SMILES string of the molecule is CCC(CCC(=O)NCCNCCNC(=O)O)C(C)=O.CCC(CCC(=O)NCCNCCNCS(=O)(=O)O)C(C)=O. The van der Waals surface area contributed by atoms with Crippen LogP contribution in [0.25, 0.3) is 0 Å². The zero-order valence-electron chi connectivity index (χ0n) is 25.4. The predicted molar refractivity (Wildman–Crippen MR) is 160 cm³/mol. The van der Waals surface area contributed by atoms with Gasteiger partial charge in [0.1, 0.15) is 17.4 Å². The van der Waals surface area contributed by atoms with Gasteiger partial charge < -0.3 is 37.0 Å². The van der Waals surface area contributed by atoms with Crippen LogP contribution in [-0.4, -0.2) is 106 Å². The van der Waals surface area contributed by atoms with Gasteiger partial charge in [0.15, 0.2) is 0 Å². The van der Waals surface area contributed by atoms with Gasteiger partial charge in [-0.05, 0) is 39.5 Å². The maximum absolute atomic E-state index is 11.6. The molecule has 0 aliphatic carbocycles. The molecule has 0 heterocycles. The minimum atomic E-state index is -3.97. The monoisotopic (exact) mass is 624 g/mol. The number of amides is 3. The number of carboxylic acid groups (broad SMARTS) is 1. The van der Waals surface area contributed by atoms with Crippen molar-refractivity contribution in [2.75, 3.05) is 58.2 Å². The van der Waals surface area contributed by atoms with Crippen LogP contribution in [0.15, 0.2) is 0 Å². The van der Waals surface area contributed by atoms with E-state index in [1.54, 1.807) is 13.8 Å². The summed E-state index contributed by atoms with van der Waals surface area (Å²) < 4.78 is 29.3. The maximum Gasteiger partial charge on any atom is 0.404 e. The van der Waals surface area contributed by atoms with Gasteiger partial charge >= 0.3 is 6.09 Å². The summed E-state index contributed by atoms with van der Waals surface area (Å²) in [5.41, 5.74) is 0. The van der Waals surface area contributed by atoms with Gasteiger partial charge in [-0.2, -0.15) is 8.42 Å². The predicted octanol–water partition coefficient (Wildman–Crippen LogP) is -0.122. The Bertz CT molecular complexity index is 903. The van der Waals surface area contributed by atoms with Gasteiger partial charge in [0.2, 0.25) is 11.8 Å². The van der Waals surface area contributed by atoms with Crippen LogP contribution in [0, 0.1) is 11.8 Å². The molecule has 3 amide bonds. The molecule has 16 heteroatoms. The van der Waals surface area contributed by atoms with Crippen LogP contribution in [0.2, 0.25) is 0 Å². The molecule has 42 heavy (non-hydrogen) atoms. The summed E-state index contributed by atoms with van der Waals surface area (Å²) in [5.74, 6) is -0.428. The highest BCUT2D eigenvalue weighted by molar-refractivity contribution is 7.85. The zero-order valence-corrected chi connectivity index (χ0v) is 26.2. The Morgan fingerprint density at radius 1 is 0.619 bits per heavy atom. The van der Waals surface area contributed by atoms with E-state index in [1.165, 1.54) is 0 Å². The molecule has 2 unspecified atom stereocenters. The molecule has 0 aromatic carbocycles. The van der Waals surface area contributed by atoms with E-state index in [9.17, 15) is 32.4 Å². The Kier molecular flexibility index (Phi) is 25.7. The van der Waals surface area contributed by atoms with Gasteiger partial charge in [0, 0.05) is 77.0 Å². The number of ketones is 2. The summed E-state index contributed by atoms with van der Waals surface area (Å²) in [6.07, 6.45) is 2.34. The van der Waals surface area contributed by atoms with E-state index in [2.05, 4.69) is 31.9 Å². The first kappa shape index (κ1) is 41.5. The Balaban J connectivity index is 0. The third-order valence-electron chi connectivity index (χ3n) is 6.16. The second-order valence-corrected chi connectivity index (χ2v) is 11.1. The van der Waals surface area contributed by atoms with Crippen LogP contribution >= 0.6 is 0 Å². The van der Waals surface area contributed by atoms with Crippen molar-refractivity contribution >= 4 is 39.6 Å². The fourth-order valence-electron chi connectivity index (χ4n) is 3.64. The van der Waals surface area contributed by atoms with Crippen molar-refractivity contribution in [2.24, 2.45) is 11.8 Å². The topological polar surface area (TPSA) is 232 Å². The number of hydrogen-bond acceptors (Lipinski definition) is 10. The molecule has 0 aliphatic rings. The number of carbonyl (C=O) groups excluding carboxylic acids is 4. The largest absolute Gasteiger partial charge is 0.465 e. The lowest BCUT2D eigenvalue weighted by atomic mass is 9.96. The molecule has 8 N–H and O–H groups in total. The molecular weight excluding hydrogens is 572 g/mol. The Morgan fingerprint density at radius 2 is 0.976 bits per heavy atom. The van der Waals surface area contributed by atoms with Crippen LogP contribution in [0.4, 0.5) is 4.79 Å². The summed E-state index contributed by atoms with van der Waals surface area (Å²) >= 11 is 0. The van der Waals surface area contributed by atoms with Crippen LogP contribution in [-0.2, 0) is 29.3 Å². The number of nitrogens with one attached hydrogen (secondary N) is 6. The molecule has 0 aliphatic heterocycles. The number of rotatable bonds is 24. The fraction of sp³-hybridized carbons (Fsp3) is 0.808. The van der Waals surface area contributed by atoms with Crippen LogP contribution in [0.1, 0.15) is 66.2 Å². The van der Waals surface area contributed by atoms with E-state index < -0.39 is 22.1 Å². The minimum absolute atomic E-state index is 0.0269. The second-order valence-electron chi connectivity index (χ2n) is 9.67. The highest BCUT2D eigenvalue weighted by atomic mass is 32.2. The first-order chi connectivity index (χ1) is 19.7. The van der Waals surface area contributed by atoms with E-state index in [4.69, 9.17) is 9.66 Å². The van der Waals surface area contributed by atoms with Crippen LogP contribution in [0.3, 0.4) is 0 Å². The lowest BCUT2D eigenvalue weighted by Gasteiger charge is -2.11. The minimum Gasteiger partial charge on any atom is -0.465 e. The third kappa shape index (κ3) is 28.9. The summed E-state index contributed by atoms with van der Waals surface area (Å²) in [6.45, 7) is 10.8. The van der Waals surface area contributed by atoms with Gasteiger partial charge in [0.25, 0.3) is 10.1 Å². The third-order valence-corrected chi connectivity index (χ3v) is 6.73. The molecule has 246 valence electrons. The van der Waals surface area contributed by atoms with Gasteiger partial charge in [0.05, 0.1) is 0 Å². The highest BCUT2D eigenvalue weighted by Gasteiger charge is 2.14. The molecule has 0 rings (SSSR count). The summed E-state index contributed by atoms with van der Waals surface area (Å²) in [7, 11) is -3.97. The lowest BCUT2D eigenvalue weighted by Crippen LogP contribution is -2.36. The first-order valence-electron chi connectivity index (χ1n) is 14.3. The van der Waals surface area contributed by atoms with E-state index in [0.717, 1.165) is 12.8 Å². The van der Waals surface area contributed by atoms with E-state index in [0.29, 0.717) is 78.0 Å². The van der Waals surface area contributed by atoms with Crippen molar-refractivity contribution in [3.8, 4) is 0 Å². The number of hydrogen-bond donors (Lipinski definition) is 8. The van der Waals surface area contributed by atoms with E-state index in [1.807, 2.05) is 13.8 Å². The molecule has 15 nitrogen and oxygen atoms in total. The average molecular weight is 625 g/mol. The molecule has 0 saturated carbocycles. The van der Waals surface area contributed by atoms with E-state index >= 15 is 0 Å². The lowest BCUT2D eigenvalue weighted by molar-refractivity contribution is -0.124. The van der Waals surface area contributed by atoms with Crippen molar-refractivity contribution in [3.05, 3.63) is 0 Å². The number of carbonyl (C=O) groups is 5. The Labute approximate surface area is 249 Å². The van der Waals surface area contributed by atoms with Gasteiger partial charge in [-0.1, -0.05) is 13.8 Å². The first-order valence-corrected chi connectivity index (χ1v) is 15.9. The molecule has 0 aromatic heterocycles. The van der Waals surface area contributed by atoms with Crippen LogP contribution in [0.5, 0.6) is 0 Å². The standard InChI is InChI=1S/C13H27N3O5S.C13H25N3O4/c1-3-12(11(2)17)4-5-13(18)16-9-8-14-6-7-15-10-22(19,20)21;1-3-11(10(2)17)4-5-12(18)15-8-6-14-7-9-16-13(19)20/h12,14-15H,3-10H2,1-2H3,(H,16,18)(H,19,20,21);11,14,16H,3-9H2,1-2H3,(H,15,18)(H,19,20). The van der Waals surface area contributed by atoms with Crippen molar-refractivity contribution in [3.63, 3.8) is 0 Å². The summed E-state index contributed by atoms with van der Waals surface area (Å²) in [5, 5.41) is 24.6. The zero-order chi connectivity index (χ0) is 32.4. The van der Waals surface area contributed by atoms with Crippen molar-refractivity contribution < 1.29 is 42.0 Å². The number of Topliss-reactive ketones (excluding diaryl/α,β-unsaturated/α-hetero) is 2. The average Bonchev–Trinajstić information content (AvgIpc) is 2.89. The van der Waals surface area contributed by atoms with Crippen molar-refractivity contribution in [1.29, 1.82) is 0 Å². The molecule has 0 spiro atoms. The molecule has 0 saturated heterocycles. The highest BCUT2D eigenvalue weighted by Crippen LogP contribution is 2.12. The quantitative estimate of drug-likeness (QED) is 0.0519. The molecule has 0 aromatic rings. The van der Waals surface area contributed by atoms with Gasteiger partial charge in [-0.15, -0.1) is 0 Å². The molecule has 0 radical (unpaired) electrons. The summed E-state index contributed by atoms with van der Waals surface area (Å²) in [4.78, 5) is 55.7. The molecular formula is C26H52N6O9S. The Hall–Kier alpha value is -2.66. The van der Waals surface area contributed by atoms with Gasteiger partial charge in [-0.3, -0.25) is 23.7 Å². The fourth-order valence-corrected chi connectivity index (χ4v) is 4.05. The van der Waals surface area contributed by atoms with Crippen molar-refractivity contribution in [1.82, 2.24) is 31.9 Å². The molecule has 0 fully saturated rings. The summed E-state index contributed by atoms with van der Waals surface area (Å²) in [6, 6.07) is 0. The smallest absolute Gasteiger partial charge is 0.404 e. The van der Waals surface area contributed by atoms with Crippen molar-refractivity contribution in [2.45, 2.75) is 66.2 Å². The van der Waals surface area contributed by atoms with E-state index in [-0.39, 0.29) is 35.2 Å². The Morgan fingerprint density at radius 3 is 1.31 bits per heavy atom. The maximum atomic E-state index is 11.6. The van der Waals surface area contributed by atoms with Gasteiger partial charge in [-0.25, -0.2) is 4.79 Å². The normalized spacial score (nSPS) is 12.3. The molecule has 2 atom stereocenters. The molecule has 0 bridgehead atoms. The second kappa shape index (κ2) is 26.0.